The highest BCUT2D eigenvalue weighted by Crippen LogP contribution is 2.14. The molecule has 0 aliphatic rings. The molecule has 0 bridgehead atoms. The number of hydrogen-bond donors (Lipinski definition) is 2. The lowest BCUT2D eigenvalue weighted by Crippen LogP contribution is -2.29. The SMILES string of the molecule is CC(C)CC(CNCc1cnn(C(C)(C)C)c1)C(=O)O. The van der Waals surface area contributed by atoms with Gasteiger partial charge >= 0.3 is 5.97 Å². The van der Waals surface area contributed by atoms with Gasteiger partial charge in [-0.1, -0.05) is 13.8 Å². The number of hydrogen-bond acceptors (Lipinski definition) is 3. The molecule has 1 atom stereocenters. The zero-order valence-corrected chi connectivity index (χ0v) is 13.2. The number of aromatic nitrogens is 2. The fourth-order valence-electron chi connectivity index (χ4n) is 2.05. The third-order valence-corrected chi connectivity index (χ3v) is 3.15. The summed E-state index contributed by atoms with van der Waals surface area (Å²) in [5.74, 6) is -0.661. The van der Waals surface area contributed by atoms with Crippen LogP contribution in [0.3, 0.4) is 0 Å². The normalized spacial score (nSPS) is 13.7. The largest absolute Gasteiger partial charge is 0.481 e. The molecule has 1 rings (SSSR count). The molecule has 1 unspecified atom stereocenters. The van der Waals surface area contributed by atoms with Gasteiger partial charge in [-0.3, -0.25) is 9.48 Å². The van der Waals surface area contributed by atoms with E-state index in [1.807, 2.05) is 30.9 Å². The van der Waals surface area contributed by atoms with Crippen molar-refractivity contribution in [2.24, 2.45) is 11.8 Å². The van der Waals surface area contributed by atoms with Crippen molar-refractivity contribution in [1.82, 2.24) is 15.1 Å². The van der Waals surface area contributed by atoms with Gasteiger partial charge in [0.15, 0.2) is 0 Å². The van der Waals surface area contributed by atoms with E-state index in [4.69, 9.17) is 0 Å². The van der Waals surface area contributed by atoms with Crippen molar-refractivity contribution in [3.63, 3.8) is 0 Å². The van der Waals surface area contributed by atoms with Crippen LogP contribution in [0.25, 0.3) is 0 Å². The monoisotopic (exact) mass is 281 g/mol. The van der Waals surface area contributed by atoms with Crippen molar-refractivity contribution in [3.8, 4) is 0 Å². The maximum absolute atomic E-state index is 11.2. The molecule has 0 amide bonds. The standard InChI is InChI=1S/C15H27N3O2/c1-11(2)6-13(14(19)20)9-16-7-12-8-17-18(10-12)15(3,4)5/h8,10-11,13,16H,6-7,9H2,1-5H3,(H,19,20). The smallest absolute Gasteiger partial charge is 0.307 e. The molecule has 5 nitrogen and oxygen atoms in total. The van der Waals surface area contributed by atoms with Crippen LogP contribution in [0.5, 0.6) is 0 Å². The lowest BCUT2D eigenvalue weighted by molar-refractivity contribution is -0.142. The van der Waals surface area contributed by atoms with Gasteiger partial charge in [-0.05, 0) is 33.1 Å². The van der Waals surface area contributed by atoms with Crippen molar-refractivity contribution >= 4 is 5.97 Å². The lowest BCUT2D eigenvalue weighted by atomic mass is 9.97. The predicted octanol–water partition coefficient (Wildman–Crippen LogP) is 2.47. The first-order valence-electron chi connectivity index (χ1n) is 7.17. The molecule has 1 heterocycles. The van der Waals surface area contributed by atoms with Crippen LogP contribution in [0.4, 0.5) is 0 Å². The highest BCUT2D eigenvalue weighted by Gasteiger charge is 2.18. The maximum atomic E-state index is 11.2. The van der Waals surface area contributed by atoms with Gasteiger partial charge in [0.1, 0.15) is 0 Å². The number of carboxylic acids is 1. The molecule has 20 heavy (non-hydrogen) atoms. The third-order valence-electron chi connectivity index (χ3n) is 3.15. The van der Waals surface area contributed by atoms with Crippen LogP contribution in [0.1, 0.15) is 46.6 Å². The van der Waals surface area contributed by atoms with Gasteiger partial charge in [0.2, 0.25) is 0 Å². The summed E-state index contributed by atoms with van der Waals surface area (Å²) in [4.78, 5) is 11.2. The van der Waals surface area contributed by atoms with E-state index in [1.54, 1.807) is 0 Å². The molecule has 0 aliphatic carbocycles. The molecule has 1 aromatic rings. The number of carboxylic acid groups (broad SMARTS) is 1. The molecular weight excluding hydrogens is 254 g/mol. The molecule has 0 spiro atoms. The second-order valence-electron chi connectivity index (χ2n) is 6.76. The minimum atomic E-state index is -0.725. The van der Waals surface area contributed by atoms with E-state index in [0.717, 1.165) is 5.56 Å². The van der Waals surface area contributed by atoms with E-state index >= 15 is 0 Å². The summed E-state index contributed by atoms with van der Waals surface area (Å²) in [7, 11) is 0. The quantitative estimate of drug-likeness (QED) is 0.805. The van der Waals surface area contributed by atoms with E-state index in [-0.39, 0.29) is 11.5 Å². The number of rotatable bonds is 7. The second-order valence-corrected chi connectivity index (χ2v) is 6.76. The summed E-state index contributed by atoms with van der Waals surface area (Å²) in [5, 5.41) is 16.7. The summed E-state index contributed by atoms with van der Waals surface area (Å²) in [5.41, 5.74) is 1.05. The van der Waals surface area contributed by atoms with Crippen molar-refractivity contribution in [2.75, 3.05) is 6.54 Å². The molecule has 0 fully saturated rings. The fourth-order valence-corrected chi connectivity index (χ4v) is 2.05. The van der Waals surface area contributed by atoms with Crippen molar-refractivity contribution in [1.29, 1.82) is 0 Å². The maximum Gasteiger partial charge on any atom is 0.307 e. The van der Waals surface area contributed by atoms with Gasteiger partial charge in [-0.25, -0.2) is 0 Å². The summed E-state index contributed by atoms with van der Waals surface area (Å²) in [6.45, 7) is 11.5. The van der Waals surface area contributed by atoms with Crippen LogP contribution in [0, 0.1) is 11.8 Å². The molecule has 1 aromatic heterocycles. The molecule has 2 N–H and O–H groups in total. The van der Waals surface area contributed by atoms with Gasteiger partial charge < -0.3 is 10.4 Å². The van der Waals surface area contributed by atoms with Gasteiger partial charge in [-0.2, -0.15) is 5.10 Å². The second kappa shape index (κ2) is 6.88. The Morgan fingerprint density at radius 2 is 2.10 bits per heavy atom. The Labute approximate surface area is 121 Å². The molecule has 0 radical (unpaired) electrons. The van der Waals surface area contributed by atoms with E-state index in [9.17, 15) is 9.90 Å². The number of aliphatic carboxylic acids is 1. The van der Waals surface area contributed by atoms with Crippen LogP contribution in [0.2, 0.25) is 0 Å². The average molecular weight is 281 g/mol. The summed E-state index contributed by atoms with van der Waals surface area (Å²) in [6, 6.07) is 0. The Bertz CT molecular complexity index is 433. The topological polar surface area (TPSA) is 67.2 Å². The average Bonchev–Trinajstić information content (AvgIpc) is 2.75. The first kappa shape index (κ1) is 16.7. The van der Waals surface area contributed by atoms with Crippen molar-refractivity contribution in [3.05, 3.63) is 18.0 Å². The Morgan fingerprint density at radius 3 is 2.55 bits per heavy atom. The molecule has 0 saturated heterocycles. The highest BCUT2D eigenvalue weighted by atomic mass is 16.4. The molecular formula is C15H27N3O2. The van der Waals surface area contributed by atoms with Gasteiger partial charge in [0, 0.05) is 24.8 Å². The van der Waals surface area contributed by atoms with Crippen molar-refractivity contribution in [2.45, 2.75) is 53.1 Å². The first-order chi connectivity index (χ1) is 9.20. The summed E-state index contributed by atoms with van der Waals surface area (Å²) >= 11 is 0. The zero-order valence-electron chi connectivity index (χ0n) is 13.2. The molecule has 0 saturated carbocycles. The van der Waals surface area contributed by atoms with Crippen LogP contribution >= 0.6 is 0 Å². The molecule has 0 aliphatic heterocycles. The highest BCUT2D eigenvalue weighted by molar-refractivity contribution is 5.70. The van der Waals surface area contributed by atoms with Crippen molar-refractivity contribution < 1.29 is 9.90 Å². The van der Waals surface area contributed by atoms with Crippen LogP contribution in [-0.4, -0.2) is 27.4 Å². The molecule has 0 aromatic carbocycles. The summed E-state index contributed by atoms with van der Waals surface area (Å²) < 4.78 is 1.92. The lowest BCUT2D eigenvalue weighted by Gasteiger charge is -2.18. The van der Waals surface area contributed by atoms with Gasteiger partial charge in [0.25, 0.3) is 0 Å². The van der Waals surface area contributed by atoms with Gasteiger partial charge in [-0.15, -0.1) is 0 Å². The third kappa shape index (κ3) is 5.33. The molecule has 114 valence electrons. The Kier molecular flexibility index (Phi) is 5.74. The summed E-state index contributed by atoms with van der Waals surface area (Å²) in [6.07, 6.45) is 4.53. The Morgan fingerprint density at radius 1 is 1.45 bits per heavy atom. The first-order valence-corrected chi connectivity index (χ1v) is 7.17. The van der Waals surface area contributed by atoms with E-state index in [2.05, 4.69) is 31.2 Å². The number of carbonyl (C=O) groups is 1. The van der Waals surface area contributed by atoms with E-state index in [0.29, 0.717) is 25.4 Å². The number of nitrogens with zero attached hydrogens (tertiary/aromatic N) is 2. The Hall–Kier alpha value is -1.36. The zero-order chi connectivity index (χ0) is 15.3. The van der Waals surface area contributed by atoms with E-state index in [1.165, 1.54) is 0 Å². The fraction of sp³-hybridized carbons (Fsp3) is 0.733. The molecule has 5 heteroatoms. The van der Waals surface area contributed by atoms with Crippen LogP contribution in [0.15, 0.2) is 12.4 Å². The predicted molar refractivity (Wildman–Crippen MR) is 79.5 cm³/mol. The Balaban J connectivity index is 2.47. The van der Waals surface area contributed by atoms with Crippen LogP contribution < -0.4 is 5.32 Å². The van der Waals surface area contributed by atoms with E-state index < -0.39 is 5.97 Å². The van der Waals surface area contributed by atoms with Crippen LogP contribution in [-0.2, 0) is 16.9 Å². The minimum absolute atomic E-state index is 0.0283. The minimum Gasteiger partial charge on any atom is -0.481 e. The van der Waals surface area contributed by atoms with Gasteiger partial charge in [0.05, 0.1) is 17.7 Å². The number of nitrogens with one attached hydrogen (secondary N) is 1.